The van der Waals surface area contributed by atoms with Crippen LogP contribution in [0, 0.1) is 0 Å². The van der Waals surface area contributed by atoms with E-state index in [1.165, 1.54) is 50.2 Å². The van der Waals surface area contributed by atoms with E-state index in [2.05, 4.69) is 27.3 Å². The van der Waals surface area contributed by atoms with Crippen LogP contribution < -0.4 is 5.32 Å². The Morgan fingerprint density at radius 3 is 3.00 bits per heavy atom. The van der Waals surface area contributed by atoms with Crippen LogP contribution in [0.4, 0.5) is 5.69 Å². The smallest absolute Gasteiger partial charge is 0.0723 e. The van der Waals surface area contributed by atoms with E-state index < -0.39 is 0 Å². The first-order valence-corrected chi connectivity index (χ1v) is 7.53. The molecule has 3 aliphatic rings. The first-order chi connectivity index (χ1) is 9.42. The standard InChI is InChI=1S/C16H21N3/c1-3-15-16(17-8-1)14(11-18-15)12-4-6-13(7-5-12)19-9-2-10-19/h1,3-4,8,13-14,18H,2,5-7,9-11H2. The molecule has 0 bridgehead atoms. The fourth-order valence-corrected chi connectivity index (χ4v) is 3.65. The summed E-state index contributed by atoms with van der Waals surface area (Å²) in [5.74, 6) is 0.522. The van der Waals surface area contributed by atoms with Gasteiger partial charge < -0.3 is 5.32 Å². The second-order valence-electron chi connectivity index (χ2n) is 5.97. The second-order valence-corrected chi connectivity index (χ2v) is 5.97. The highest BCUT2D eigenvalue weighted by Crippen LogP contribution is 2.39. The van der Waals surface area contributed by atoms with E-state index in [0.29, 0.717) is 5.92 Å². The van der Waals surface area contributed by atoms with Crippen molar-refractivity contribution in [2.24, 2.45) is 0 Å². The van der Waals surface area contributed by atoms with Crippen molar-refractivity contribution in [2.45, 2.75) is 37.6 Å². The summed E-state index contributed by atoms with van der Waals surface area (Å²) in [6.07, 6.45) is 9.66. The van der Waals surface area contributed by atoms with Crippen LogP contribution in [0.2, 0.25) is 0 Å². The summed E-state index contributed by atoms with van der Waals surface area (Å²) in [4.78, 5) is 7.23. The van der Waals surface area contributed by atoms with Crippen LogP contribution in [-0.2, 0) is 0 Å². The lowest BCUT2D eigenvalue weighted by atomic mass is 9.85. The quantitative estimate of drug-likeness (QED) is 0.824. The summed E-state index contributed by atoms with van der Waals surface area (Å²) in [6, 6.07) is 4.98. The van der Waals surface area contributed by atoms with Gasteiger partial charge >= 0.3 is 0 Å². The third-order valence-electron chi connectivity index (χ3n) is 4.94. The molecule has 1 fully saturated rings. The normalized spacial score (nSPS) is 30.2. The van der Waals surface area contributed by atoms with Gasteiger partial charge in [0.2, 0.25) is 0 Å². The van der Waals surface area contributed by atoms with Gasteiger partial charge in [0, 0.05) is 24.7 Å². The zero-order chi connectivity index (χ0) is 12.7. The molecule has 2 aliphatic heterocycles. The first-order valence-electron chi connectivity index (χ1n) is 7.53. The summed E-state index contributed by atoms with van der Waals surface area (Å²) in [5, 5.41) is 3.49. The number of likely N-dealkylation sites (tertiary alicyclic amines) is 1. The van der Waals surface area contributed by atoms with Crippen molar-refractivity contribution in [3.63, 3.8) is 0 Å². The van der Waals surface area contributed by atoms with Crippen molar-refractivity contribution >= 4 is 5.69 Å². The number of nitrogens with zero attached hydrogens (tertiary/aromatic N) is 2. The van der Waals surface area contributed by atoms with Gasteiger partial charge in [-0.25, -0.2) is 0 Å². The van der Waals surface area contributed by atoms with Gasteiger partial charge in [-0.1, -0.05) is 11.6 Å². The molecule has 2 atom stereocenters. The zero-order valence-corrected chi connectivity index (χ0v) is 11.3. The molecule has 0 radical (unpaired) electrons. The summed E-state index contributed by atoms with van der Waals surface area (Å²) in [5.41, 5.74) is 4.11. The summed E-state index contributed by atoms with van der Waals surface area (Å²) in [6.45, 7) is 3.68. The minimum absolute atomic E-state index is 0.522. The van der Waals surface area contributed by atoms with Gasteiger partial charge in [-0.3, -0.25) is 9.88 Å². The SMILES string of the molecule is C1=C(C2CNc3cccnc32)CCC(N2CCC2)C1. The zero-order valence-electron chi connectivity index (χ0n) is 11.3. The molecule has 2 unspecified atom stereocenters. The maximum Gasteiger partial charge on any atom is 0.0723 e. The maximum absolute atomic E-state index is 4.58. The number of fused-ring (bicyclic) bond motifs is 1. The fraction of sp³-hybridized carbons (Fsp3) is 0.562. The highest BCUT2D eigenvalue weighted by atomic mass is 15.2. The molecule has 1 aromatic heterocycles. The lowest BCUT2D eigenvalue weighted by molar-refractivity contribution is 0.109. The molecule has 19 heavy (non-hydrogen) atoms. The lowest BCUT2D eigenvalue weighted by Gasteiger charge is -2.40. The van der Waals surface area contributed by atoms with Gasteiger partial charge in [0.1, 0.15) is 0 Å². The van der Waals surface area contributed by atoms with Crippen molar-refractivity contribution in [3.05, 3.63) is 35.7 Å². The van der Waals surface area contributed by atoms with Gasteiger partial charge in [-0.2, -0.15) is 0 Å². The Labute approximate surface area is 114 Å². The van der Waals surface area contributed by atoms with E-state index in [4.69, 9.17) is 0 Å². The second kappa shape index (κ2) is 4.64. The van der Waals surface area contributed by atoms with Crippen molar-refractivity contribution < 1.29 is 0 Å². The molecular weight excluding hydrogens is 234 g/mol. The third kappa shape index (κ3) is 1.96. The third-order valence-corrected chi connectivity index (χ3v) is 4.94. The molecule has 4 rings (SSSR count). The Bertz CT molecular complexity index is 504. The van der Waals surface area contributed by atoms with Crippen LogP contribution in [0.15, 0.2) is 30.0 Å². The molecule has 3 heteroatoms. The number of hydrogen-bond acceptors (Lipinski definition) is 3. The highest BCUT2D eigenvalue weighted by molar-refractivity contribution is 5.56. The van der Waals surface area contributed by atoms with E-state index in [1.807, 2.05) is 12.3 Å². The average molecular weight is 255 g/mol. The van der Waals surface area contributed by atoms with Crippen LogP contribution >= 0.6 is 0 Å². The van der Waals surface area contributed by atoms with Crippen LogP contribution in [0.5, 0.6) is 0 Å². The minimum atomic E-state index is 0.522. The van der Waals surface area contributed by atoms with Crippen LogP contribution in [-0.4, -0.2) is 35.6 Å². The van der Waals surface area contributed by atoms with Gasteiger partial charge in [-0.15, -0.1) is 0 Å². The van der Waals surface area contributed by atoms with E-state index in [0.717, 1.165) is 12.6 Å². The molecular formula is C16H21N3. The Morgan fingerprint density at radius 1 is 1.32 bits per heavy atom. The summed E-state index contributed by atoms with van der Waals surface area (Å²) >= 11 is 0. The minimum Gasteiger partial charge on any atom is -0.383 e. The van der Waals surface area contributed by atoms with Crippen molar-refractivity contribution in [2.75, 3.05) is 25.0 Å². The van der Waals surface area contributed by atoms with E-state index in [1.54, 1.807) is 5.57 Å². The Morgan fingerprint density at radius 2 is 2.26 bits per heavy atom. The molecule has 0 aromatic carbocycles. The molecule has 1 aliphatic carbocycles. The number of anilines is 1. The predicted molar refractivity (Wildman–Crippen MR) is 77.4 cm³/mol. The Kier molecular flexibility index (Phi) is 2.80. The topological polar surface area (TPSA) is 28.2 Å². The molecule has 3 nitrogen and oxygen atoms in total. The Hall–Kier alpha value is -1.35. The first kappa shape index (κ1) is 11.5. The number of aromatic nitrogens is 1. The van der Waals surface area contributed by atoms with E-state index in [9.17, 15) is 0 Å². The molecule has 0 saturated carbocycles. The number of hydrogen-bond donors (Lipinski definition) is 1. The fourth-order valence-electron chi connectivity index (χ4n) is 3.65. The number of pyridine rings is 1. The number of rotatable bonds is 2. The molecule has 1 N–H and O–H groups in total. The highest BCUT2D eigenvalue weighted by Gasteiger charge is 2.31. The summed E-state index contributed by atoms with van der Waals surface area (Å²) < 4.78 is 0. The predicted octanol–water partition coefficient (Wildman–Crippen LogP) is 2.78. The van der Waals surface area contributed by atoms with Crippen molar-refractivity contribution in [1.29, 1.82) is 0 Å². The van der Waals surface area contributed by atoms with E-state index >= 15 is 0 Å². The molecule has 1 aromatic rings. The van der Waals surface area contributed by atoms with Gasteiger partial charge in [-0.05, 0) is 50.9 Å². The van der Waals surface area contributed by atoms with Crippen molar-refractivity contribution in [3.8, 4) is 0 Å². The van der Waals surface area contributed by atoms with Gasteiger partial charge in [0.25, 0.3) is 0 Å². The Balaban J connectivity index is 1.50. The molecule has 100 valence electrons. The van der Waals surface area contributed by atoms with Crippen LogP contribution in [0.1, 0.15) is 37.3 Å². The molecule has 0 amide bonds. The van der Waals surface area contributed by atoms with Gasteiger partial charge in [0.15, 0.2) is 0 Å². The summed E-state index contributed by atoms with van der Waals surface area (Å²) in [7, 11) is 0. The molecule has 1 saturated heterocycles. The van der Waals surface area contributed by atoms with Crippen LogP contribution in [0.25, 0.3) is 0 Å². The maximum atomic E-state index is 4.58. The monoisotopic (exact) mass is 255 g/mol. The molecule has 3 heterocycles. The molecule has 0 spiro atoms. The van der Waals surface area contributed by atoms with Crippen molar-refractivity contribution in [1.82, 2.24) is 9.88 Å². The average Bonchev–Trinajstić information content (AvgIpc) is 2.82. The lowest BCUT2D eigenvalue weighted by Crippen LogP contribution is -2.45. The van der Waals surface area contributed by atoms with Crippen LogP contribution in [0.3, 0.4) is 0 Å². The number of nitrogens with one attached hydrogen (secondary N) is 1. The van der Waals surface area contributed by atoms with Gasteiger partial charge in [0.05, 0.1) is 11.4 Å². The van der Waals surface area contributed by atoms with E-state index in [-0.39, 0.29) is 0 Å². The largest absolute Gasteiger partial charge is 0.383 e.